The first-order valence-corrected chi connectivity index (χ1v) is 11.3. The predicted octanol–water partition coefficient (Wildman–Crippen LogP) is 0.964. The first-order chi connectivity index (χ1) is 16.9. The number of aliphatic hydroxyl groups is 1. The van der Waals surface area contributed by atoms with Crippen LogP contribution in [0.15, 0.2) is 0 Å². The Morgan fingerprint density at radius 1 is 1.03 bits per heavy atom. The number of likely N-dealkylation sites (tertiary alicyclic amines) is 1. The fourth-order valence-electron chi connectivity index (χ4n) is 4.14. The number of esters is 1. The van der Waals surface area contributed by atoms with Gasteiger partial charge in [-0.2, -0.15) is 13.2 Å². The maximum Gasteiger partial charge on any atom is 0.490 e. The quantitative estimate of drug-likeness (QED) is 0.319. The van der Waals surface area contributed by atoms with Gasteiger partial charge in [-0.05, 0) is 20.8 Å². The summed E-state index contributed by atoms with van der Waals surface area (Å²) in [7, 11) is 0. The van der Waals surface area contributed by atoms with Crippen molar-refractivity contribution in [3.05, 3.63) is 0 Å². The number of carbonyl (C=O) groups is 3. The SMILES string of the molecule is CC(=O)O[C@H]1CO[C@H]2[C@@H]1N(C(=O)OC(C)(C)C)C[C@@H]2F.O=C(O)C(F)(F)F.O[C@H]1CO[C@H]2[C@@H]1NC[C@@H]2F. The molecule has 11 nitrogen and oxygen atoms in total. The monoisotopic (exact) mass is 550 g/mol. The Morgan fingerprint density at radius 3 is 2.08 bits per heavy atom. The van der Waals surface area contributed by atoms with Gasteiger partial charge in [-0.25, -0.2) is 18.4 Å². The minimum Gasteiger partial charge on any atom is -0.475 e. The van der Waals surface area contributed by atoms with Crippen LogP contribution >= 0.6 is 0 Å². The molecule has 0 aromatic heterocycles. The van der Waals surface area contributed by atoms with E-state index in [0.29, 0.717) is 6.54 Å². The maximum absolute atomic E-state index is 13.9. The van der Waals surface area contributed by atoms with Crippen LogP contribution in [-0.2, 0) is 28.5 Å². The van der Waals surface area contributed by atoms with E-state index in [9.17, 15) is 31.5 Å². The molecule has 1 amide bonds. The molecule has 0 radical (unpaired) electrons. The number of carbonyl (C=O) groups excluding carboxylic acids is 2. The largest absolute Gasteiger partial charge is 0.490 e. The summed E-state index contributed by atoms with van der Waals surface area (Å²) >= 11 is 0. The number of carboxylic acids is 1. The second kappa shape index (κ2) is 12.0. The fraction of sp³-hybridized carbons (Fsp3) is 0.857. The van der Waals surface area contributed by atoms with Crippen LogP contribution in [0.2, 0.25) is 0 Å². The number of hydrogen-bond donors (Lipinski definition) is 3. The zero-order chi connectivity index (χ0) is 28.3. The van der Waals surface area contributed by atoms with E-state index in [-0.39, 0.29) is 25.8 Å². The number of rotatable bonds is 1. The molecule has 0 bridgehead atoms. The minimum atomic E-state index is -5.08. The standard InChI is InChI=1S/C13H20FNO5.C6H10FNO2.C2HF3O2/c1-7(16)19-9-6-18-11-8(14)5-15(10(9)11)12(17)20-13(2,3)4;7-3-1-8-5-4(9)2-10-6(3)5;3-2(4,5)1(6)7/h8-11H,5-6H2,1-4H3;3-6,8-9H,1-2H2;(H,6,7)/t8-,9-,10+,11+;3-,4-,5+,6+;/m00./s1. The Bertz CT molecular complexity index is 809. The number of halogens is 5. The van der Waals surface area contributed by atoms with Crippen molar-refractivity contribution in [2.24, 2.45) is 0 Å². The molecule has 0 unspecified atom stereocenters. The summed E-state index contributed by atoms with van der Waals surface area (Å²) in [5.41, 5.74) is -0.669. The fourth-order valence-corrected chi connectivity index (χ4v) is 4.14. The highest BCUT2D eigenvalue weighted by molar-refractivity contribution is 5.73. The second-order valence-corrected chi connectivity index (χ2v) is 9.70. The normalized spacial score (nSPS) is 34.4. The van der Waals surface area contributed by atoms with Gasteiger partial charge in [0.1, 0.15) is 42.3 Å². The van der Waals surface area contributed by atoms with Crippen molar-refractivity contribution in [2.75, 3.05) is 26.3 Å². The number of alkyl halides is 5. The number of hydrogen-bond acceptors (Lipinski definition) is 9. The molecular weight excluding hydrogens is 519 g/mol. The van der Waals surface area contributed by atoms with E-state index < -0.39 is 72.6 Å². The number of fused-ring (bicyclic) bond motifs is 2. The first kappa shape index (κ1) is 30.9. The van der Waals surface area contributed by atoms with Crippen molar-refractivity contribution in [1.29, 1.82) is 0 Å². The summed E-state index contributed by atoms with van der Waals surface area (Å²) in [5, 5.41) is 19.2. The van der Waals surface area contributed by atoms with Crippen molar-refractivity contribution in [2.45, 2.75) is 88.3 Å². The molecule has 0 aromatic carbocycles. The van der Waals surface area contributed by atoms with Crippen LogP contribution in [-0.4, -0.2) is 120 Å². The smallest absolute Gasteiger partial charge is 0.475 e. The van der Waals surface area contributed by atoms with Gasteiger partial charge in [-0.1, -0.05) is 0 Å². The Balaban J connectivity index is 0.000000233. The van der Waals surface area contributed by atoms with Crippen molar-refractivity contribution in [1.82, 2.24) is 10.2 Å². The van der Waals surface area contributed by atoms with Gasteiger partial charge in [0.05, 0.1) is 31.9 Å². The van der Waals surface area contributed by atoms with Gasteiger partial charge < -0.3 is 34.5 Å². The minimum absolute atomic E-state index is 0.0919. The number of carboxylic acid groups (broad SMARTS) is 1. The lowest BCUT2D eigenvalue weighted by Crippen LogP contribution is -2.47. The molecule has 4 fully saturated rings. The number of aliphatic hydroxyl groups excluding tert-OH is 1. The lowest BCUT2D eigenvalue weighted by Gasteiger charge is -2.29. The van der Waals surface area contributed by atoms with Gasteiger partial charge in [0, 0.05) is 13.5 Å². The van der Waals surface area contributed by atoms with E-state index in [4.69, 9.17) is 34.0 Å². The molecule has 4 rings (SSSR count). The third-order valence-electron chi connectivity index (χ3n) is 5.58. The molecule has 214 valence electrons. The maximum atomic E-state index is 13.9. The highest BCUT2D eigenvalue weighted by Crippen LogP contribution is 2.34. The van der Waals surface area contributed by atoms with Crippen LogP contribution < -0.4 is 5.32 Å². The summed E-state index contributed by atoms with van der Waals surface area (Å²) < 4.78 is 79.1. The van der Waals surface area contributed by atoms with Crippen LogP contribution in [0.1, 0.15) is 27.7 Å². The van der Waals surface area contributed by atoms with Crippen molar-refractivity contribution in [3.63, 3.8) is 0 Å². The molecule has 0 aliphatic carbocycles. The molecule has 3 N–H and O–H groups in total. The van der Waals surface area contributed by atoms with E-state index in [1.165, 1.54) is 11.8 Å². The predicted molar refractivity (Wildman–Crippen MR) is 113 cm³/mol. The first-order valence-electron chi connectivity index (χ1n) is 11.3. The molecule has 0 saturated carbocycles. The molecule has 37 heavy (non-hydrogen) atoms. The lowest BCUT2D eigenvalue weighted by atomic mass is 10.1. The van der Waals surface area contributed by atoms with Crippen LogP contribution in [0.4, 0.5) is 26.7 Å². The van der Waals surface area contributed by atoms with Crippen LogP contribution in [0, 0.1) is 0 Å². The summed E-state index contributed by atoms with van der Waals surface area (Å²) in [6, 6.07) is -0.793. The van der Waals surface area contributed by atoms with E-state index in [2.05, 4.69) is 5.32 Å². The molecule has 0 spiro atoms. The molecular formula is C21H31F5N2O9. The lowest BCUT2D eigenvalue weighted by molar-refractivity contribution is -0.192. The average molecular weight is 550 g/mol. The number of amides is 1. The van der Waals surface area contributed by atoms with Gasteiger partial charge in [0.25, 0.3) is 0 Å². The van der Waals surface area contributed by atoms with Gasteiger partial charge >= 0.3 is 24.2 Å². The van der Waals surface area contributed by atoms with Crippen molar-refractivity contribution < 1.29 is 65.5 Å². The molecule has 4 heterocycles. The Kier molecular flexibility index (Phi) is 10.1. The Hall–Kier alpha value is -2.30. The zero-order valence-corrected chi connectivity index (χ0v) is 20.5. The van der Waals surface area contributed by atoms with Crippen molar-refractivity contribution in [3.8, 4) is 0 Å². The Labute approximate surface area is 209 Å². The number of aliphatic carboxylic acids is 1. The third-order valence-corrected chi connectivity index (χ3v) is 5.58. The summed E-state index contributed by atoms with van der Waals surface area (Å²) in [4.78, 5) is 33.4. The highest BCUT2D eigenvalue weighted by Gasteiger charge is 2.55. The van der Waals surface area contributed by atoms with Gasteiger partial charge in [-0.3, -0.25) is 9.69 Å². The highest BCUT2D eigenvalue weighted by atomic mass is 19.4. The van der Waals surface area contributed by atoms with E-state index in [0.717, 1.165) is 0 Å². The summed E-state index contributed by atoms with van der Waals surface area (Å²) in [5.74, 6) is -3.24. The number of ether oxygens (including phenoxy) is 4. The van der Waals surface area contributed by atoms with Gasteiger partial charge in [0.2, 0.25) is 0 Å². The Morgan fingerprint density at radius 2 is 1.59 bits per heavy atom. The van der Waals surface area contributed by atoms with Crippen LogP contribution in [0.3, 0.4) is 0 Å². The molecule has 8 atom stereocenters. The third kappa shape index (κ3) is 8.35. The molecule has 4 saturated heterocycles. The number of nitrogens with one attached hydrogen (secondary N) is 1. The van der Waals surface area contributed by atoms with Gasteiger partial charge in [0.15, 0.2) is 0 Å². The van der Waals surface area contributed by atoms with E-state index in [1.807, 2.05) is 0 Å². The van der Waals surface area contributed by atoms with E-state index in [1.54, 1.807) is 20.8 Å². The number of nitrogens with zero attached hydrogens (tertiary/aromatic N) is 1. The average Bonchev–Trinajstić information content (AvgIpc) is 3.48. The van der Waals surface area contributed by atoms with Crippen LogP contribution in [0.25, 0.3) is 0 Å². The molecule has 16 heteroatoms. The molecule has 0 aromatic rings. The second-order valence-electron chi connectivity index (χ2n) is 9.70. The van der Waals surface area contributed by atoms with Crippen molar-refractivity contribution >= 4 is 18.0 Å². The van der Waals surface area contributed by atoms with Crippen LogP contribution in [0.5, 0.6) is 0 Å². The van der Waals surface area contributed by atoms with E-state index >= 15 is 0 Å². The summed E-state index contributed by atoms with van der Waals surface area (Å²) in [6.45, 7) is 7.04. The molecule has 4 aliphatic heterocycles. The molecule has 4 aliphatic rings. The topological polar surface area (TPSA) is 144 Å². The van der Waals surface area contributed by atoms with Gasteiger partial charge in [-0.15, -0.1) is 0 Å². The summed E-state index contributed by atoms with van der Waals surface area (Å²) in [6.07, 6.45) is -10.3. The zero-order valence-electron chi connectivity index (χ0n) is 20.5.